The van der Waals surface area contributed by atoms with E-state index >= 15 is 0 Å². The molecule has 0 aliphatic rings. The third kappa shape index (κ3) is 3.58. The van der Waals surface area contributed by atoms with Crippen LogP contribution in [0.5, 0.6) is 0 Å². The van der Waals surface area contributed by atoms with Crippen molar-refractivity contribution in [3.8, 4) is 0 Å². The van der Waals surface area contributed by atoms with Crippen LogP contribution in [0, 0.1) is 0 Å². The Morgan fingerprint density at radius 3 is 2.55 bits per heavy atom. The van der Waals surface area contributed by atoms with Gasteiger partial charge in [0.2, 0.25) is 0 Å². The van der Waals surface area contributed by atoms with Crippen molar-refractivity contribution in [2.45, 2.75) is 19.9 Å². The minimum atomic E-state index is 0.406. The van der Waals surface area contributed by atoms with E-state index < -0.39 is 0 Å². The molecule has 0 saturated heterocycles. The second-order valence-corrected chi connectivity index (χ2v) is 5.89. The first-order valence-corrected chi connectivity index (χ1v) is 7.72. The predicted molar refractivity (Wildman–Crippen MR) is 93.2 cm³/mol. The normalized spacial score (nSPS) is 10.3. The van der Waals surface area contributed by atoms with Crippen molar-refractivity contribution in [3.63, 3.8) is 0 Å². The molecule has 20 heavy (non-hydrogen) atoms. The van der Waals surface area contributed by atoms with E-state index in [1.165, 1.54) is 11.1 Å². The van der Waals surface area contributed by atoms with Crippen LogP contribution in [0.1, 0.15) is 23.6 Å². The van der Waals surface area contributed by atoms with Crippen molar-refractivity contribution in [2.24, 2.45) is 5.73 Å². The summed E-state index contributed by atoms with van der Waals surface area (Å²) in [4.78, 5) is 0.406. The van der Waals surface area contributed by atoms with Gasteiger partial charge in [-0.3, -0.25) is 0 Å². The molecule has 4 heteroatoms. The minimum Gasteiger partial charge on any atom is -0.389 e. The van der Waals surface area contributed by atoms with E-state index in [0.29, 0.717) is 4.99 Å². The van der Waals surface area contributed by atoms with Gasteiger partial charge < -0.3 is 11.1 Å². The first-order valence-electron chi connectivity index (χ1n) is 6.51. The van der Waals surface area contributed by atoms with Crippen LogP contribution in [-0.2, 0) is 13.0 Å². The zero-order valence-corrected chi connectivity index (χ0v) is 13.7. The maximum atomic E-state index is 5.77. The zero-order valence-electron chi connectivity index (χ0n) is 11.3. The molecule has 104 valence electrons. The molecular weight excluding hydrogens is 332 g/mol. The molecule has 0 fully saturated rings. The minimum absolute atomic E-state index is 0.406. The fourth-order valence-corrected chi connectivity index (χ4v) is 2.68. The average molecular weight is 349 g/mol. The molecule has 0 spiro atoms. The summed E-state index contributed by atoms with van der Waals surface area (Å²) in [6.45, 7) is 2.93. The number of hydrogen-bond acceptors (Lipinski definition) is 2. The maximum absolute atomic E-state index is 5.77. The third-order valence-electron chi connectivity index (χ3n) is 3.22. The van der Waals surface area contributed by atoms with Gasteiger partial charge in [-0.25, -0.2) is 0 Å². The Kier molecular flexibility index (Phi) is 5.15. The molecule has 0 aliphatic carbocycles. The van der Waals surface area contributed by atoms with Crippen LogP contribution in [0.4, 0.5) is 5.69 Å². The Morgan fingerprint density at radius 2 is 1.90 bits per heavy atom. The molecule has 3 N–H and O–H groups in total. The SMILES string of the molecule is CCc1ccccc1CNc1cc(Br)ccc1C(N)=S. The van der Waals surface area contributed by atoms with Crippen LogP contribution < -0.4 is 11.1 Å². The number of anilines is 1. The Hall–Kier alpha value is -1.39. The summed E-state index contributed by atoms with van der Waals surface area (Å²) in [5.41, 5.74) is 10.2. The molecule has 0 bridgehead atoms. The van der Waals surface area contributed by atoms with Gasteiger partial charge in [0.05, 0.1) is 0 Å². The second kappa shape index (κ2) is 6.86. The van der Waals surface area contributed by atoms with Crippen LogP contribution in [0.3, 0.4) is 0 Å². The van der Waals surface area contributed by atoms with E-state index in [-0.39, 0.29) is 0 Å². The molecular formula is C16H17BrN2S. The predicted octanol–water partition coefficient (Wildman–Crippen LogP) is 4.26. The van der Waals surface area contributed by atoms with E-state index in [1.807, 2.05) is 18.2 Å². The molecule has 0 aliphatic heterocycles. The molecule has 2 nitrogen and oxygen atoms in total. The smallest absolute Gasteiger partial charge is 0.106 e. The Morgan fingerprint density at radius 1 is 1.20 bits per heavy atom. The molecule has 2 rings (SSSR count). The van der Waals surface area contributed by atoms with Gasteiger partial charge in [-0.1, -0.05) is 59.3 Å². The van der Waals surface area contributed by atoms with Crippen LogP contribution in [0.15, 0.2) is 46.9 Å². The maximum Gasteiger partial charge on any atom is 0.106 e. The lowest BCUT2D eigenvalue weighted by atomic mass is 10.1. The lowest BCUT2D eigenvalue weighted by Gasteiger charge is -2.14. The quantitative estimate of drug-likeness (QED) is 0.793. The fourth-order valence-electron chi connectivity index (χ4n) is 2.14. The lowest BCUT2D eigenvalue weighted by molar-refractivity contribution is 1.04. The van der Waals surface area contributed by atoms with Gasteiger partial charge in [0.25, 0.3) is 0 Å². The lowest BCUT2D eigenvalue weighted by Crippen LogP contribution is -2.13. The molecule has 0 atom stereocenters. The summed E-state index contributed by atoms with van der Waals surface area (Å²) in [6, 6.07) is 14.3. The third-order valence-corrected chi connectivity index (χ3v) is 3.93. The summed E-state index contributed by atoms with van der Waals surface area (Å²) >= 11 is 8.57. The summed E-state index contributed by atoms with van der Waals surface area (Å²) in [7, 11) is 0. The van der Waals surface area contributed by atoms with E-state index in [4.69, 9.17) is 18.0 Å². The van der Waals surface area contributed by atoms with Crippen molar-refractivity contribution >= 4 is 38.8 Å². The Bertz CT molecular complexity index is 626. The summed E-state index contributed by atoms with van der Waals surface area (Å²) in [6.07, 6.45) is 1.03. The van der Waals surface area contributed by atoms with Gasteiger partial charge in [-0.05, 0) is 35.7 Å². The standard InChI is InChI=1S/C16H17BrN2S/c1-2-11-5-3-4-6-12(11)10-19-15-9-13(17)7-8-14(15)16(18)20/h3-9,19H,2,10H2,1H3,(H2,18,20). The summed E-state index contributed by atoms with van der Waals surface area (Å²) in [5.74, 6) is 0. The second-order valence-electron chi connectivity index (χ2n) is 4.53. The van der Waals surface area contributed by atoms with Crippen molar-refractivity contribution in [1.29, 1.82) is 0 Å². The van der Waals surface area contributed by atoms with Crippen LogP contribution in [0.2, 0.25) is 0 Å². The molecule has 0 amide bonds. The molecule has 0 radical (unpaired) electrons. The van der Waals surface area contributed by atoms with E-state index in [2.05, 4.69) is 52.4 Å². The first-order chi connectivity index (χ1) is 9.61. The fraction of sp³-hybridized carbons (Fsp3) is 0.188. The number of halogens is 1. The monoisotopic (exact) mass is 348 g/mol. The van der Waals surface area contributed by atoms with Crippen LogP contribution in [0.25, 0.3) is 0 Å². The van der Waals surface area contributed by atoms with Gasteiger partial charge in [0, 0.05) is 22.3 Å². The van der Waals surface area contributed by atoms with Crippen LogP contribution >= 0.6 is 28.1 Å². The number of aryl methyl sites for hydroxylation is 1. The Balaban J connectivity index is 2.22. The molecule has 2 aromatic carbocycles. The molecule has 2 aromatic rings. The number of nitrogens with one attached hydrogen (secondary N) is 1. The number of thiocarbonyl (C=S) groups is 1. The largest absolute Gasteiger partial charge is 0.389 e. The van der Waals surface area contributed by atoms with E-state index in [9.17, 15) is 0 Å². The number of benzene rings is 2. The van der Waals surface area contributed by atoms with Gasteiger partial charge >= 0.3 is 0 Å². The molecule has 0 unspecified atom stereocenters. The highest BCUT2D eigenvalue weighted by atomic mass is 79.9. The van der Waals surface area contributed by atoms with E-state index in [1.54, 1.807) is 0 Å². The van der Waals surface area contributed by atoms with Crippen molar-refractivity contribution in [3.05, 3.63) is 63.6 Å². The molecule has 0 aromatic heterocycles. The zero-order chi connectivity index (χ0) is 14.5. The Labute approximate surface area is 133 Å². The number of hydrogen-bond donors (Lipinski definition) is 2. The highest BCUT2D eigenvalue weighted by molar-refractivity contribution is 9.10. The molecule has 0 saturated carbocycles. The average Bonchev–Trinajstić information content (AvgIpc) is 2.45. The number of nitrogens with two attached hydrogens (primary N) is 1. The highest BCUT2D eigenvalue weighted by Crippen LogP contribution is 2.22. The topological polar surface area (TPSA) is 38.0 Å². The van der Waals surface area contributed by atoms with Gasteiger partial charge in [0.15, 0.2) is 0 Å². The highest BCUT2D eigenvalue weighted by Gasteiger charge is 2.06. The summed E-state index contributed by atoms with van der Waals surface area (Å²) in [5, 5.41) is 3.43. The molecule has 0 heterocycles. The summed E-state index contributed by atoms with van der Waals surface area (Å²) < 4.78 is 1.00. The van der Waals surface area contributed by atoms with Gasteiger partial charge in [0.1, 0.15) is 4.99 Å². The van der Waals surface area contributed by atoms with Crippen LogP contribution in [-0.4, -0.2) is 4.99 Å². The number of rotatable bonds is 5. The van der Waals surface area contributed by atoms with Gasteiger partial charge in [-0.15, -0.1) is 0 Å². The first kappa shape index (κ1) is 15.0. The van der Waals surface area contributed by atoms with Gasteiger partial charge in [-0.2, -0.15) is 0 Å². The van der Waals surface area contributed by atoms with Crippen molar-refractivity contribution in [1.82, 2.24) is 0 Å². The van der Waals surface area contributed by atoms with Crippen molar-refractivity contribution < 1.29 is 0 Å². The van der Waals surface area contributed by atoms with Crippen molar-refractivity contribution in [2.75, 3.05) is 5.32 Å². The van der Waals surface area contributed by atoms with E-state index in [0.717, 1.165) is 28.7 Å².